The number of nitrogens with zero attached hydrogens (tertiary/aromatic N) is 1. The minimum atomic E-state index is -0.920. The van der Waals surface area contributed by atoms with Crippen molar-refractivity contribution in [2.45, 2.75) is 13.3 Å². The van der Waals surface area contributed by atoms with E-state index in [1.54, 1.807) is 6.92 Å². The highest BCUT2D eigenvalue weighted by Crippen LogP contribution is 2.22. The van der Waals surface area contributed by atoms with Gasteiger partial charge in [-0.1, -0.05) is 30.3 Å². The average Bonchev–Trinajstić information content (AvgIpc) is 2.88. The lowest BCUT2D eigenvalue weighted by Crippen LogP contribution is -2.01. The largest absolute Gasteiger partial charge is 0.493 e. The summed E-state index contributed by atoms with van der Waals surface area (Å²) in [5.41, 5.74) is 0.568. The highest BCUT2D eigenvalue weighted by molar-refractivity contribution is 7.13. The molecule has 0 amide bonds. The number of ether oxygens (including phenoxy) is 1. The van der Waals surface area contributed by atoms with Gasteiger partial charge < -0.3 is 9.84 Å². The van der Waals surface area contributed by atoms with Gasteiger partial charge in [-0.15, -0.1) is 11.3 Å². The molecule has 1 heterocycles. The summed E-state index contributed by atoms with van der Waals surface area (Å²) in [4.78, 5) is 15.6. The third-order valence-electron chi connectivity index (χ3n) is 3.34. The number of aromatic nitrogens is 1. The van der Waals surface area contributed by atoms with Crippen LogP contribution < -0.4 is 4.74 Å². The SMILES string of the molecule is Cc1nc(CCOc2ccc3ccccc3c2)sc1C(=O)O. The fourth-order valence-corrected chi connectivity index (χ4v) is 3.16. The Labute approximate surface area is 132 Å². The highest BCUT2D eigenvalue weighted by Gasteiger charge is 2.13. The van der Waals surface area contributed by atoms with Crippen LogP contribution in [0.25, 0.3) is 10.8 Å². The van der Waals surface area contributed by atoms with Crippen LogP contribution in [0.3, 0.4) is 0 Å². The molecule has 0 radical (unpaired) electrons. The fourth-order valence-electron chi connectivity index (χ4n) is 2.27. The third kappa shape index (κ3) is 3.09. The lowest BCUT2D eigenvalue weighted by Gasteiger charge is -2.06. The standard InChI is InChI=1S/C17H15NO3S/c1-11-16(17(19)20)22-15(18-11)8-9-21-14-7-6-12-4-2-3-5-13(12)10-14/h2-7,10H,8-9H2,1H3,(H,19,20). The molecule has 1 N–H and O–H groups in total. The van der Waals surface area contributed by atoms with Crippen molar-refractivity contribution < 1.29 is 14.6 Å². The van der Waals surface area contributed by atoms with Crippen LogP contribution in [-0.4, -0.2) is 22.7 Å². The second-order valence-electron chi connectivity index (χ2n) is 4.93. The predicted molar refractivity (Wildman–Crippen MR) is 87.0 cm³/mol. The van der Waals surface area contributed by atoms with Gasteiger partial charge in [-0.2, -0.15) is 0 Å². The molecule has 0 unspecified atom stereocenters. The third-order valence-corrected chi connectivity index (χ3v) is 4.55. The van der Waals surface area contributed by atoms with Gasteiger partial charge in [-0.3, -0.25) is 0 Å². The molecule has 1 aromatic heterocycles. The van der Waals surface area contributed by atoms with Gasteiger partial charge >= 0.3 is 5.97 Å². The van der Waals surface area contributed by atoms with E-state index in [2.05, 4.69) is 11.1 Å². The number of carbonyl (C=O) groups is 1. The summed E-state index contributed by atoms with van der Waals surface area (Å²) in [6.07, 6.45) is 0.603. The molecule has 2 aromatic carbocycles. The van der Waals surface area contributed by atoms with Gasteiger partial charge in [-0.25, -0.2) is 9.78 Å². The number of fused-ring (bicyclic) bond motifs is 1. The lowest BCUT2D eigenvalue weighted by molar-refractivity contribution is 0.0701. The van der Waals surface area contributed by atoms with Crippen LogP contribution in [0, 0.1) is 6.92 Å². The Morgan fingerprint density at radius 1 is 1.23 bits per heavy atom. The number of aryl methyl sites for hydroxylation is 1. The molecule has 0 saturated heterocycles. The summed E-state index contributed by atoms with van der Waals surface area (Å²) < 4.78 is 5.75. The molecule has 5 heteroatoms. The number of benzene rings is 2. The van der Waals surface area contributed by atoms with Crippen LogP contribution in [0.4, 0.5) is 0 Å². The maximum absolute atomic E-state index is 11.0. The van der Waals surface area contributed by atoms with Crippen LogP contribution in [-0.2, 0) is 6.42 Å². The molecular formula is C17H15NO3S. The summed E-state index contributed by atoms with van der Waals surface area (Å²) in [6, 6.07) is 14.1. The number of hydrogen-bond donors (Lipinski definition) is 1. The van der Waals surface area contributed by atoms with Gasteiger partial charge in [0.25, 0.3) is 0 Å². The van der Waals surface area contributed by atoms with Gasteiger partial charge in [0, 0.05) is 6.42 Å². The average molecular weight is 313 g/mol. The molecule has 3 rings (SSSR count). The molecule has 0 aliphatic rings. The van der Waals surface area contributed by atoms with Crippen molar-refractivity contribution >= 4 is 28.1 Å². The first-order valence-corrected chi connectivity index (χ1v) is 7.76. The maximum Gasteiger partial charge on any atom is 0.347 e. The number of carboxylic acids is 1. The van der Waals surface area contributed by atoms with E-state index in [9.17, 15) is 4.79 Å². The number of aromatic carboxylic acids is 1. The van der Waals surface area contributed by atoms with Crippen LogP contribution >= 0.6 is 11.3 Å². The van der Waals surface area contributed by atoms with E-state index in [4.69, 9.17) is 9.84 Å². The summed E-state index contributed by atoms with van der Waals surface area (Å²) >= 11 is 1.21. The van der Waals surface area contributed by atoms with Gasteiger partial charge in [0.05, 0.1) is 17.3 Å². The van der Waals surface area contributed by atoms with E-state index in [1.807, 2.05) is 36.4 Å². The molecule has 0 bridgehead atoms. The van der Waals surface area contributed by atoms with Crippen molar-refractivity contribution in [1.82, 2.24) is 4.98 Å². The quantitative estimate of drug-likeness (QED) is 0.775. The monoisotopic (exact) mass is 313 g/mol. The Morgan fingerprint density at radius 3 is 2.73 bits per heavy atom. The van der Waals surface area contributed by atoms with E-state index in [0.717, 1.165) is 16.1 Å². The number of thiazole rings is 1. The zero-order chi connectivity index (χ0) is 15.5. The molecule has 0 aliphatic heterocycles. The Hall–Kier alpha value is -2.40. The van der Waals surface area contributed by atoms with Gasteiger partial charge in [0.1, 0.15) is 10.6 Å². The second-order valence-corrected chi connectivity index (χ2v) is 6.02. The first kappa shape index (κ1) is 14.5. The molecule has 22 heavy (non-hydrogen) atoms. The molecule has 3 aromatic rings. The Kier molecular flexibility index (Phi) is 4.06. The van der Waals surface area contributed by atoms with E-state index < -0.39 is 5.97 Å². The van der Waals surface area contributed by atoms with Crippen LogP contribution in [0.1, 0.15) is 20.4 Å². The second kappa shape index (κ2) is 6.15. The number of rotatable bonds is 5. The van der Waals surface area contributed by atoms with Crippen molar-refractivity contribution in [3.63, 3.8) is 0 Å². The van der Waals surface area contributed by atoms with Crippen molar-refractivity contribution in [2.24, 2.45) is 0 Å². The van der Waals surface area contributed by atoms with Gasteiger partial charge in [0.15, 0.2) is 0 Å². The van der Waals surface area contributed by atoms with E-state index >= 15 is 0 Å². The number of carboxylic acid groups (broad SMARTS) is 1. The van der Waals surface area contributed by atoms with Crippen molar-refractivity contribution in [3.05, 3.63) is 58.0 Å². The Bertz CT molecular complexity index is 826. The first-order chi connectivity index (χ1) is 10.6. The highest BCUT2D eigenvalue weighted by atomic mass is 32.1. The topological polar surface area (TPSA) is 59.4 Å². The van der Waals surface area contributed by atoms with Crippen molar-refractivity contribution in [2.75, 3.05) is 6.61 Å². The normalized spacial score (nSPS) is 10.8. The van der Waals surface area contributed by atoms with Crippen LogP contribution in [0.5, 0.6) is 5.75 Å². The van der Waals surface area contributed by atoms with Crippen molar-refractivity contribution in [3.8, 4) is 5.75 Å². The summed E-state index contributed by atoms with van der Waals surface area (Å²) in [5.74, 6) is -0.109. The maximum atomic E-state index is 11.0. The summed E-state index contributed by atoms with van der Waals surface area (Å²) in [5, 5.41) is 12.1. The lowest BCUT2D eigenvalue weighted by atomic mass is 10.1. The Balaban J connectivity index is 1.64. The van der Waals surface area contributed by atoms with Gasteiger partial charge in [0.2, 0.25) is 0 Å². The molecular weight excluding hydrogens is 298 g/mol. The fraction of sp³-hybridized carbons (Fsp3) is 0.176. The molecule has 0 atom stereocenters. The van der Waals surface area contributed by atoms with Crippen LogP contribution in [0.2, 0.25) is 0 Å². The van der Waals surface area contributed by atoms with Crippen LogP contribution in [0.15, 0.2) is 42.5 Å². The minimum Gasteiger partial charge on any atom is -0.493 e. The van der Waals surface area contributed by atoms with E-state index in [0.29, 0.717) is 23.6 Å². The predicted octanol–water partition coefficient (Wildman–Crippen LogP) is 3.92. The minimum absolute atomic E-state index is 0.306. The van der Waals surface area contributed by atoms with Crippen molar-refractivity contribution in [1.29, 1.82) is 0 Å². The van der Waals surface area contributed by atoms with E-state index in [1.165, 1.54) is 16.7 Å². The molecule has 0 aliphatic carbocycles. The zero-order valence-electron chi connectivity index (χ0n) is 12.1. The summed E-state index contributed by atoms with van der Waals surface area (Å²) in [7, 11) is 0. The Morgan fingerprint density at radius 2 is 2.00 bits per heavy atom. The molecule has 112 valence electrons. The molecule has 0 spiro atoms. The summed E-state index contributed by atoms with van der Waals surface area (Å²) in [6.45, 7) is 2.19. The van der Waals surface area contributed by atoms with E-state index in [-0.39, 0.29) is 0 Å². The smallest absolute Gasteiger partial charge is 0.347 e. The molecule has 4 nitrogen and oxygen atoms in total. The molecule has 0 fully saturated rings. The van der Waals surface area contributed by atoms with Gasteiger partial charge in [-0.05, 0) is 29.8 Å². The number of hydrogen-bond acceptors (Lipinski definition) is 4. The zero-order valence-corrected chi connectivity index (χ0v) is 12.9. The molecule has 0 saturated carbocycles. The first-order valence-electron chi connectivity index (χ1n) is 6.94.